The van der Waals surface area contributed by atoms with Gasteiger partial charge in [-0.3, -0.25) is 9.48 Å². The molecule has 0 amide bonds. The molecule has 4 nitrogen and oxygen atoms in total. The molecular weight excluding hydrogens is 286 g/mol. The lowest BCUT2D eigenvalue weighted by atomic mass is 10.1. The predicted molar refractivity (Wildman–Crippen MR) is 93.8 cm³/mol. The molecule has 4 heteroatoms. The summed E-state index contributed by atoms with van der Waals surface area (Å²) in [6.45, 7) is 2.14. The van der Waals surface area contributed by atoms with Crippen molar-refractivity contribution in [3.8, 4) is 0 Å². The van der Waals surface area contributed by atoms with E-state index in [1.165, 1.54) is 31.1 Å². The quantitative estimate of drug-likeness (QED) is 0.619. The lowest BCUT2D eigenvalue weighted by Gasteiger charge is -2.11. The number of aromatic nitrogens is 2. The number of carbonyl (C=O) groups is 1. The van der Waals surface area contributed by atoms with Gasteiger partial charge in [-0.15, -0.1) is 0 Å². The Morgan fingerprint density at radius 1 is 1.35 bits per heavy atom. The van der Waals surface area contributed by atoms with E-state index in [4.69, 9.17) is 5.10 Å². The molecule has 23 heavy (non-hydrogen) atoms. The first kappa shape index (κ1) is 15.8. The standard InChI is InChI=1S/C19H25N3O/c1-4-17-16-10-9-14(19(23)11-12-21(2)3)13-18(16)22(20-17)15-7-5-6-8-15/h9-13,15H,4-8H2,1-3H3/b12-11+. The molecule has 0 spiro atoms. The third-order valence-electron chi connectivity index (χ3n) is 4.60. The summed E-state index contributed by atoms with van der Waals surface area (Å²) < 4.78 is 2.17. The van der Waals surface area contributed by atoms with Crippen LogP contribution in [0.15, 0.2) is 30.5 Å². The summed E-state index contributed by atoms with van der Waals surface area (Å²) in [7, 11) is 3.82. The van der Waals surface area contributed by atoms with Crippen LogP contribution in [0.2, 0.25) is 0 Å². The Bertz CT molecular complexity index is 736. The van der Waals surface area contributed by atoms with Gasteiger partial charge in [0.25, 0.3) is 0 Å². The van der Waals surface area contributed by atoms with Crippen molar-refractivity contribution in [3.63, 3.8) is 0 Å². The van der Waals surface area contributed by atoms with Crippen molar-refractivity contribution in [1.82, 2.24) is 14.7 Å². The maximum atomic E-state index is 12.4. The van der Waals surface area contributed by atoms with Crippen molar-refractivity contribution in [3.05, 3.63) is 41.7 Å². The zero-order valence-electron chi connectivity index (χ0n) is 14.2. The van der Waals surface area contributed by atoms with Crippen molar-refractivity contribution in [2.75, 3.05) is 14.1 Å². The van der Waals surface area contributed by atoms with Crippen molar-refractivity contribution in [2.24, 2.45) is 0 Å². The fourth-order valence-electron chi connectivity index (χ4n) is 3.36. The molecule has 1 aromatic heterocycles. The molecule has 2 aromatic rings. The first-order chi connectivity index (χ1) is 11.1. The topological polar surface area (TPSA) is 38.1 Å². The number of aryl methyl sites for hydroxylation is 1. The first-order valence-corrected chi connectivity index (χ1v) is 8.50. The van der Waals surface area contributed by atoms with Crippen LogP contribution in [0.4, 0.5) is 0 Å². The van der Waals surface area contributed by atoms with E-state index >= 15 is 0 Å². The molecule has 1 saturated carbocycles. The first-order valence-electron chi connectivity index (χ1n) is 8.50. The second-order valence-electron chi connectivity index (χ2n) is 6.56. The maximum absolute atomic E-state index is 12.4. The van der Waals surface area contributed by atoms with Crippen LogP contribution < -0.4 is 0 Å². The average molecular weight is 311 g/mol. The normalized spacial score (nSPS) is 15.8. The van der Waals surface area contributed by atoms with Crippen LogP contribution in [0, 0.1) is 0 Å². The van der Waals surface area contributed by atoms with E-state index < -0.39 is 0 Å². The molecule has 0 radical (unpaired) electrons. The Kier molecular flexibility index (Phi) is 4.51. The summed E-state index contributed by atoms with van der Waals surface area (Å²) >= 11 is 0. The zero-order chi connectivity index (χ0) is 16.4. The number of hydrogen-bond donors (Lipinski definition) is 0. The molecule has 1 heterocycles. The van der Waals surface area contributed by atoms with E-state index in [2.05, 4.69) is 17.7 Å². The lowest BCUT2D eigenvalue weighted by Crippen LogP contribution is -2.07. The van der Waals surface area contributed by atoms with E-state index in [0.29, 0.717) is 6.04 Å². The van der Waals surface area contributed by atoms with Crippen molar-refractivity contribution >= 4 is 16.7 Å². The van der Waals surface area contributed by atoms with Crippen LogP contribution in [-0.2, 0) is 6.42 Å². The third kappa shape index (κ3) is 3.16. The fraction of sp³-hybridized carbons (Fsp3) is 0.474. The lowest BCUT2D eigenvalue weighted by molar-refractivity contribution is 0.104. The highest BCUT2D eigenvalue weighted by Crippen LogP contribution is 2.33. The van der Waals surface area contributed by atoms with Gasteiger partial charge in [0, 0.05) is 37.3 Å². The third-order valence-corrected chi connectivity index (χ3v) is 4.60. The molecule has 0 aliphatic heterocycles. The average Bonchev–Trinajstić information content (AvgIpc) is 3.18. The van der Waals surface area contributed by atoms with Gasteiger partial charge in [-0.05, 0) is 25.3 Å². The second-order valence-corrected chi connectivity index (χ2v) is 6.56. The minimum absolute atomic E-state index is 0.0396. The largest absolute Gasteiger partial charge is 0.383 e. The van der Waals surface area contributed by atoms with E-state index in [0.717, 1.165) is 23.2 Å². The van der Waals surface area contributed by atoms with Crippen molar-refractivity contribution < 1.29 is 4.79 Å². The highest BCUT2D eigenvalue weighted by Gasteiger charge is 2.21. The summed E-state index contributed by atoms with van der Waals surface area (Å²) in [5, 5.41) is 6.03. The zero-order valence-corrected chi connectivity index (χ0v) is 14.2. The summed E-state index contributed by atoms with van der Waals surface area (Å²) in [6, 6.07) is 6.48. The summed E-state index contributed by atoms with van der Waals surface area (Å²) in [5.74, 6) is 0.0396. The molecule has 1 aliphatic carbocycles. The van der Waals surface area contributed by atoms with Gasteiger partial charge in [0.05, 0.1) is 17.3 Å². The van der Waals surface area contributed by atoms with Gasteiger partial charge in [0.15, 0.2) is 5.78 Å². The van der Waals surface area contributed by atoms with Crippen LogP contribution in [-0.4, -0.2) is 34.6 Å². The van der Waals surface area contributed by atoms with Gasteiger partial charge >= 0.3 is 0 Å². The van der Waals surface area contributed by atoms with Gasteiger partial charge in [0.1, 0.15) is 0 Å². The van der Waals surface area contributed by atoms with E-state index in [9.17, 15) is 4.79 Å². The summed E-state index contributed by atoms with van der Waals surface area (Å²) in [5.41, 5.74) is 2.98. The highest BCUT2D eigenvalue weighted by molar-refractivity contribution is 6.06. The number of fused-ring (bicyclic) bond motifs is 1. The second kappa shape index (κ2) is 6.57. The SMILES string of the molecule is CCc1nn(C2CCCC2)c2cc(C(=O)/C=C/N(C)C)ccc12. The maximum Gasteiger partial charge on any atom is 0.187 e. The number of rotatable bonds is 5. The molecule has 3 rings (SSSR count). The van der Waals surface area contributed by atoms with Gasteiger partial charge in [-0.2, -0.15) is 5.10 Å². The van der Waals surface area contributed by atoms with Crippen LogP contribution in [0.5, 0.6) is 0 Å². The molecule has 1 fully saturated rings. The Balaban J connectivity index is 2.03. The minimum atomic E-state index is 0.0396. The van der Waals surface area contributed by atoms with Crippen LogP contribution in [0.25, 0.3) is 10.9 Å². The molecule has 0 atom stereocenters. The van der Waals surface area contributed by atoms with Crippen LogP contribution in [0.1, 0.15) is 54.7 Å². The molecule has 0 unspecified atom stereocenters. The Labute approximate surface area is 137 Å². The monoisotopic (exact) mass is 311 g/mol. The Morgan fingerprint density at radius 2 is 2.09 bits per heavy atom. The Morgan fingerprint density at radius 3 is 2.74 bits per heavy atom. The molecule has 0 bridgehead atoms. The van der Waals surface area contributed by atoms with Crippen LogP contribution in [0.3, 0.4) is 0 Å². The molecule has 0 saturated heterocycles. The number of ketones is 1. The van der Waals surface area contributed by atoms with Gasteiger partial charge in [-0.1, -0.05) is 31.9 Å². The highest BCUT2D eigenvalue weighted by atomic mass is 16.1. The number of carbonyl (C=O) groups excluding carboxylic acids is 1. The number of hydrogen-bond acceptors (Lipinski definition) is 3. The molecule has 1 aromatic carbocycles. The van der Waals surface area contributed by atoms with Gasteiger partial charge < -0.3 is 4.90 Å². The van der Waals surface area contributed by atoms with Crippen molar-refractivity contribution in [2.45, 2.75) is 45.1 Å². The molecular formula is C19H25N3O. The van der Waals surface area contributed by atoms with E-state index in [1.54, 1.807) is 12.3 Å². The Hall–Kier alpha value is -2.10. The minimum Gasteiger partial charge on any atom is -0.383 e. The summed E-state index contributed by atoms with van der Waals surface area (Å²) in [4.78, 5) is 14.2. The van der Waals surface area contributed by atoms with E-state index in [-0.39, 0.29) is 5.78 Å². The van der Waals surface area contributed by atoms with Crippen molar-refractivity contribution in [1.29, 1.82) is 0 Å². The van der Waals surface area contributed by atoms with Gasteiger partial charge in [-0.25, -0.2) is 0 Å². The summed E-state index contributed by atoms with van der Waals surface area (Å²) in [6.07, 6.45) is 9.27. The molecule has 1 aliphatic rings. The number of nitrogens with zero attached hydrogens (tertiary/aromatic N) is 3. The number of allylic oxidation sites excluding steroid dienone is 1. The smallest absolute Gasteiger partial charge is 0.187 e. The fourth-order valence-corrected chi connectivity index (χ4v) is 3.36. The van der Waals surface area contributed by atoms with E-state index in [1.807, 2.05) is 31.1 Å². The number of benzene rings is 1. The van der Waals surface area contributed by atoms with Gasteiger partial charge in [0.2, 0.25) is 0 Å². The molecule has 0 N–H and O–H groups in total. The molecule has 122 valence electrons. The predicted octanol–water partition coefficient (Wildman–Crippen LogP) is 3.97. The van der Waals surface area contributed by atoms with Crippen LogP contribution >= 0.6 is 0 Å².